The van der Waals surface area contributed by atoms with Gasteiger partial charge in [0.15, 0.2) is 0 Å². The molecule has 1 heterocycles. The van der Waals surface area contributed by atoms with Crippen LogP contribution in [0.15, 0.2) is 38.8 Å². The zero-order valence-electron chi connectivity index (χ0n) is 14.9. The van der Waals surface area contributed by atoms with Crippen LogP contribution in [0.25, 0.3) is 0 Å². The Bertz CT molecular complexity index is 890. The summed E-state index contributed by atoms with van der Waals surface area (Å²) in [5.74, 6) is 0.728. The van der Waals surface area contributed by atoms with E-state index in [0.717, 1.165) is 12.8 Å². The average molecular weight is 411 g/mol. The lowest BCUT2D eigenvalue weighted by molar-refractivity contribution is -0.115. The van der Waals surface area contributed by atoms with E-state index in [1.807, 2.05) is 0 Å². The second-order valence-electron chi connectivity index (χ2n) is 6.56. The first-order chi connectivity index (χ1) is 12.8. The lowest BCUT2D eigenvalue weighted by atomic mass is 9.89. The Kier molecular flexibility index (Phi) is 6.18. The summed E-state index contributed by atoms with van der Waals surface area (Å²) in [4.78, 5) is 12.3. The van der Waals surface area contributed by atoms with Crippen LogP contribution in [0.3, 0.4) is 0 Å². The monoisotopic (exact) mass is 410 g/mol. The van der Waals surface area contributed by atoms with Crippen molar-refractivity contribution in [3.8, 4) is 0 Å². The summed E-state index contributed by atoms with van der Waals surface area (Å²) < 4.78 is 28.2. The first-order valence-corrected chi connectivity index (χ1v) is 11.2. The van der Waals surface area contributed by atoms with Gasteiger partial charge in [0.2, 0.25) is 21.8 Å². The number of hydrogen-bond acceptors (Lipinski definition) is 7. The Hall–Kier alpha value is -1.91. The van der Waals surface area contributed by atoms with Crippen molar-refractivity contribution in [3.05, 3.63) is 30.2 Å². The van der Waals surface area contributed by atoms with Gasteiger partial charge >= 0.3 is 0 Å². The van der Waals surface area contributed by atoms with Crippen molar-refractivity contribution in [1.82, 2.24) is 10.2 Å². The van der Waals surface area contributed by atoms with Gasteiger partial charge in [-0.3, -0.25) is 4.79 Å². The number of nitrogens with one attached hydrogen (secondary N) is 1. The Balaban J connectivity index is 1.57. The fraction of sp³-hybridized carbons (Fsp3) is 0.471. The summed E-state index contributed by atoms with van der Waals surface area (Å²) in [5.41, 5.74) is 0.480. The van der Waals surface area contributed by atoms with Crippen LogP contribution in [0, 0.1) is 0 Å². The third-order valence-electron chi connectivity index (χ3n) is 4.47. The summed E-state index contributed by atoms with van der Waals surface area (Å²) >= 11 is 1.19. The molecule has 0 radical (unpaired) electrons. The first kappa shape index (κ1) is 19.8. The number of benzene rings is 1. The fourth-order valence-electron chi connectivity index (χ4n) is 2.96. The number of hydrogen-bond donors (Lipinski definition) is 2. The van der Waals surface area contributed by atoms with E-state index in [1.165, 1.54) is 55.3 Å². The second kappa shape index (κ2) is 8.41. The zero-order valence-corrected chi connectivity index (χ0v) is 16.6. The minimum absolute atomic E-state index is 0.0102. The molecule has 27 heavy (non-hydrogen) atoms. The molecule has 1 amide bonds. The Morgan fingerprint density at radius 3 is 2.52 bits per heavy atom. The van der Waals surface area contributed by atoms with Gasteiger partial charge in [-0.15, -0.1) is 10.2 Å². The molecule has 1 aromatic heterocycles. The summed E-state index contributed by atoms with van der Waals surface area (Å²) in [6, 6.07) is 5.67. The number of aromatic nitrogens is 2. The molecule has 0 spiro atoms. The highest BCUT2D eigenvalue weighted by Crippen LogP contribution is 2.33. The van der Waals surface area contributed by atoms with Gasteiger partial charge in [0.25, 0.3) is 5.22 Å². The van der Waals surface area contributed by atoms with Gasteiger partial charge in [0.1, 0.15) is 0 Å². The van der Waals surface area contributed by atoms with Crippen molar-refractivity contribution in [2.75, 3.05) is 5.32 Å². The number of amides is 1. The molecule has 1 aliphatic carbocycles. The van der Waals surface area contributed by atoms with E-state index in [2.05, 4.69) is 15.5 Å². The molecule has 1 aliphatic rings. The van der Waals surface area contributed by atoms with Crippen LogP contribution < -0.4 is 10.5 Å². The maximum absolute atomic E-state index is 12.3. The van der Waals surface area contributed by atoms with Gasteiger partial charge in [-0.2, -0.15) is 0 Å². The van der Waals surface area contributed by atoms with Gasteiger partial charge in [-0.25, -0.2) is 13.6 Å². The highest BCUT2D eigenvalue weighted by Gasteiger charge is 2.23. The molecule has 1 saturated carbocycles. The van der Waals surface area contributed by atoms with Crippen molar-refractivity contribution in [2.45, 2.75) is 60.3 Å². The molecule has 1 aromatic carbocycles. The Morgan fingerprint density at radius 2 is 1.89 bits per heavy atom. The molecule has 0 aliphatic heterocycles. The summed E-state index contributed by atoms with van der Waals surface area (Å²) in [6.45, 7) is 1.74. The summed E-state index contributed by atoms with van der Waals surface area (Å²) in [5, 5.41) is 15.9. The molecule has 0 unspecified atom stereocenters. The standard InChI is InChI=1S/C17H22N4O4S2/c1-11(15(22)19-13-7-9-14(10-8-13)27(18,23)24)26-17-21-20-16(25-17)12-5-3-2-4-6-12/h7-12H,2-6H2,1H3,(H,19,22)(H2,18,23,24)/t11-/m1/s1. The molecule has 10 heteroatoms. The maximum atomic E-state index is 12.3. The molecule has 2 aromatic rings. The first-order valence-electron chi connectivity index (χ1n) is 8.77. The molecule has 8 nitrogen and oxygen atoms in total. The maximum Gasteiger partial charge on any atom is 0.277 e. The molecule has 0 bridgehead atoms. The van der Waals surface area contributed by atoms with E-state index in [9.17, 15) is 13.2 Å². The number of sulfonamides is 1. The topological polar surface area (TPSA) is 128 Å². The van der Waals surface area contributed by atoms with E-state index in [1.54, 1.807) is 6.92 Å². The van der Waals surface area contributed by atoms with E-state index in [-0.39, 0.29) is 10.8 Å². The second-order valence-corrected chi connectivity index (χ2v) is 9.41. The molecule has 0 saturated heterocycles. The zero-order chi connectivity index (χ0) is 19.4. The van der Waals surface area contributed by atoms with Gasteiger partial charge in [-0.05, 0) is 44.0 Å². The smallest absolute Gasteiger partial charge is 0.277 e. The number of carbonyl (C=O) groups is 1. The minimum atomic E-state index is -3.76. The molecule has 1 atom stereocenters. The van der Waals surface area contributed by atoms with Crippen LogP contribution in [0.2, 0.25) is 0 Å². The number of primary sulfonamides is 1. The lowest BCUT2D eigenvalue weighted by Gasteiger charge is -2.17. The van der Waals surface area contributed by atoms with Crippen LogP contribution in [0.4, 0.5) is 5.69 Å². The normalized spacial score (nSPS) is 16.8. The van der Waals surface area contributed by atoms with Crippen molar-refractivity contribution in [3.63, 3.8) is 0 Å². The summed E-state index contributed by atoms with van der Waals surface area (Å²) in [6.07, 6.45) is 5.74. The van der Waals surface area contributed by atoms with Crippen LogP contribution in [0.5, 0.6) is 0 Å². The number of nitrogens with zero attached hydrogens (tertiary/aromatic N) is 2. The molecule has 1 fully saturated rings. The number of anilines is 1. The fourth-order valence-corrected chi connectivity index (χ4v) is 4.16. The van der Waals surface area contributed by atoms with Crippen LogP contribution in [-0.2, 0) is 14.8 Å². The largest absolute Gasteiger partial charge is 0.416 e. The molecule has 3 N–H and O–H groups in total. The quantitative estimate of drug-likeness (QED) is 0.701. The van der Waals surface area contributed by atoms with Crippen LogP contribution in [0.1, 0.15) is 50.8 Å². The number of rotatable bonds is 6. The van der Waals surface area contributed by atoms with Gasteiger partial charge < -0.3 is 9.73 Å². The van der Waals surface area contributed by atoms with Crippen LogP contribution >= 0.6 is 11.8 Å². The van der Waals surface area contributed by atoms with E-state index in [4.69, 9.17) is 9.56 Å². The predicted molar refractivity (Wildman–Crippen MR) is 102 cm³/mol. The van der Waals surface area contributed by atoms with E-state index >= 15 is 0 Å². The highest BCUT2D eigenvalue weighted by molar-refractivity contribution is 8.00. The highest BCUT2D eigenvalue weighted by atomic mass is 32.2. The van der Waals surface area contributed by atoms with Crippen molar-refractivity contribution in [1.29, 1.82) is 0 Å². The van der Waals surface area contributed by atoms with Crippen molar-refractivity contribution < 1.29 is 17.6 Å². The third-order valence-corrected chi connectivity index (χ3v) is 6.34. The molecular formula is C17H22N4O4S2. The van der Waals surface area contributed by atoms with Crippen LogP contribution in [-0.4, -0.2) is 29.8 Å². The lowest BCUT2D eigenvalue weighted by Crippen LogP contribution is -2.22. The number of nitrogens with two attached hydrogens (primary N) is 1. The average Bonchev–Trinajstić information content (AvgIpc) is 3.10. The van der Waals surface area contributed by atoms with Crippen molar-refractivity contribution in [2.24, 2.45) is 5.14 Å². The SMILES string of the molecule is C[C@@H](Sc1nnc(C2CCCCC2)o1)C(=O)Nc1ccc(S(N)(=O)=O)cc1. The summed E-state index contributed by atoms with van der Waals surface area (Å²) in [7, 11) is -3.76. The van der Waals surface area contributed by atoms with Gasteiger partial charge in [-0.1, -0.05) is 31.0 Å². The Labute approximate surface area is 162 Å². The van der Waals surface area contributed by atoms with E-state index in [0.29, 0.717) is 22.7 Å². The molecular weight excluding hydrogens is 388 g/mol. The molecule has 3 rings (SSSR count). The number of carbonyl (C=O) groups excluding carboxylic acids is 1. The van der Waals surface area contributed by atoms with Crippen molar-refractivity contribution >= 4 is 33.4 Å². The third kappa shape index (κ3) is 5.30. The van der Waals surface area contributed by atoms with Gasteiger partial charge in [0.05, 0.1) is 10.1 Å². The molecule has 146 valence electrons. The number of thioether (sulfide) groups is 1. The van der Waals surface area contributed by atoms with E-state index < -0.39 is 15.3 Å². The van der Waals surface area contributed by atoms with Gasteiger partial charge in [0, 0.05) is 11.6 Å². The minimum Gasteiger partial charge on any atom is -0.416 e. The predicted octanol–water partition coefficient (Wildman–Crippen LogP) is 2.88. The Morgan fingerprint density at radius 1 is 1.22 bits per heavy atom.